The third kappa shape index (κ3) is 14.0. The van der Waals surface area contributed by atoms with Crippen LogP contribution in [0.4, 0.5) is 13.2 Å². The van der Waals surface area contributed by atoms with Crippen molar-refractivity contribution in [3.8, 4) is 0 Å². The van der Waals surface area contributed by atoms with Crippen LogP contribution in [0.15, 0.2) is 65.7 Å². The van der Waals surface area contributed by atoms with Crippen molar-refractivity contribution in [2.75, 3.05) is 6.54 Å². The minimum absolute atomic E-state index is 0.0456. The van der Waals surface area contributed by atoms with Crippen LogP contribution in [0.5, 0.6) is 0 Å². The number of primary amides is 1. The molecule has 3 amide bonds. The zero-order chi connectivity index (χ0) is 29.4. The minimum Gasteiger partial charge on any atom is -0.475 e. The average Bonchev–Trinajstić information content (AvgIpc) is 2.86. The van der Waals surface area contributed by atoms with Crippen LogP contribution in [-0.4, -0.2) is 59.6 Å². The normalized spacial score (nSPS) is 12.1. The predicted molar refractivity (Wildman–Crippen MR) is 137 cm³/mol. The topological polar surface area (TPSA) is 203 Å². The SMILES string of the molecule is NC(=O)[C@H](Cc1ccccc1)NC(=O)[C@H](CCCN=C(N)N)NC(=O)Cc1ccccc1.O=C(O)C(F)(F)F. The van der Waals surface area contributed by atoms with Gasteiger partial charge in [-0.1, -0.05) is 60.7 Å². The van der Waals surface area contributed by atoms with Gasteiger partial charge in [0, 0.05) is 13.0 Å². The van der Waals surface area contributed by atoms with E-state index in [2.05, 4.69) is 15.6 Å². The molecular formula is C25H31F3N6O5. The van der Waals surface area contributed by atoms with E-state index < -0.39 is 36.0 Å². The highest BCUT2D eigenvalue weighted by atomic mass is 19.4. The first-order valence-electron chi connectivity index (χ1n) is 11.6. The van der Waals surface area contributed by atoms with Gasteiger partial charge in [0.15, 0.2) is 5.96 Å². The second-order valence-corrected chi connectivity index (χ2v) is 8.19. The Balaban J connectivity index is 0.000000956. The largest absolute Gasteiger partial charge is 0.490 e. The molecule has 0 radical (unpaired) electrons. The summed E-state index contributed by atoms with van der Waals surface area (Å²) in [4.78, 5) is 50.2. The highest BCUT2D eigenvalue weighted by Crippen LogP contribution is 2.13. The van der Waals surface area contributed by atoms with Gasteiger partial charge in [0.25, 0.3) is 0 Å². The van der Waals surface area contributed by atoms with E-state index in [1.54, 1.807) is 0 Å². The summed E-state index contributed by atoms with van der Waals surface area (Å²) in [6.07, 6.45) is -3.95. The molecular weight excluding hydrogens is 521 g/mol. The maximum Gasteiger partial charge on any atom is 0.490 e. The number of benzene rings is 2. The molecule has 9 N–H and O–H groups in total. The average molecular weight is 553 g/mol. The number of rotatable bonds is 12. The summed E-state index contributed by atoms with van der Waals surface area (Å²) in [5.41, 5.74) is 17.9. The predicted octanol–water partition coefficient (Wildman–Crippen LogP) is 0.614. The molecule has 0 unspecified atom stereocenters. The fourth-order valence-corrected chi connectivity index (χ4v) is 3.14. The first kappa shape index (κ1) is 32.4. The molecule has 0 aliphatic rings. The molecule has 2 atom stereocenters. The van der Waals surface area contributed by atoms with E-state index in [1.165, 1.54) is 0 Å². The number of nitrogens with one attached hydrogen (secondary N) is 2. The maximum atomic E-state index is 12.9. The second-order valence-electron chi connectivity index (χ2n) is 8.19. The van der Waals surface area contributed by atoms with Crippen molar-refractivity contribution in [3.63, 3.8) is 0 Å². The standard InChI is InChI=1S/C23H30N6O3.C2HF3O2/c24-21(31)19(14-16-8-3-1-4-9-16)29-22(32)18(12-7-13-27-23(25)26)28-20(30)15-17-10-5-2-6-11-17;3-2(4,5)1(6)7/h1-6,8-11,18-19H,7,12-15H2,(H2,24,31)(H,28,30)(H,29,32)(H4,25,26,27);(H,6,7)/t18-,19-;/m0./s1. The lowest BCUT2D eigenvalue weighted by molar-refractivity contribution is -0.192. The lowest BCUT2D eigenvalue weighted by Crippen LogP contribution is -2.53. The van der Waals surface area contributed by atoms with Gasteiger partial charge in [-0.25, -0.2) is 4.79 Å². The van der Waals surface area contributed by atoms with Crippen molar-refractivity contribution in [1.82, 2.24) is 10.6 Å². The van der Waals surface area contributed by atoms with Gasteiger partial charge in [-0.05, 0) is 24.0 Å². The number of alkyl halides is 3. The van der Waals surface area contributed by atoms with E-state index in [-0.39, 0.29) is 24.7 Å². The van der Waals surface area contributed by atoms with Crippen molar-refractivity contribution < 1.29 is 37.5 Å². The van der Waals surface area contributed by atoms with Gasteiger partial charge in [-0.15, -0.1) is 0 Å². The van der Waals surface area contributed by atoms with Crippen molar-refractivity contribution in [1.29, 1.82) is 0 Å². The molecule has 0 saturated heterocycles. The van der Waals surface area contributed by atoms with E-state index in [0.717, 1.165) is 11.1 Å². The highest BCUT2D eigenvalue weighted by Gasteiger charge is 2.38. The van der Waals surface area contributed by atoms with Gasteiger partial charge in [0.2, 0.25) is 17.7 Å². The van der Waals surface area contributed by atoms with E-state index in [4.69, 9.17) is 27.1 Å². The summed E-state index contributed by atoms with van der Waals surface area (Å²) in [5, 5.41) is 12.5. The molecule has 0 fully saturated rings. The van der Waals surface area contributed by atoms with Gasteiger partial charge >= 0.3 is 12.1 Å². The summed E-state index contributed by atoms with van der Waals surface area (Å²) in [7, 11) is 0. The third-order valence-corrected chi connectivity index (χ3v) is 4.99. The lowest BCUT2D eigenvalue weighted by Gasteiger charge is -2.22. The number of hydrogen-bond donors (Lipinski definition) is 6. The van der Waals surface area contributed by atoms with Crippen LogP contribution in [0.25, 0.3) is 0 Å². The number of amides is 3. The molecule has 14 heteroatoms. The Hall–Kier alpha value is -4.62. The van der Waals surface area contributed by atoms with Crippen LogP contribution < -0.4 is 27.8 Å². The Morgan fingerprint density at radius 2 is 1.36 bits per heavy atom. The van der Waals surface area contributed by atoms with Crippen molar-refractivity contribution in [3.05, 3.63) is 71.8 Å². The zero-order valence-corrected chi connectivity index (χ0v) is 20.9. The molecule has 0 saturated carbocycles. The number of aliphatic imine (C=N–C) groups is 1. The maximum absolute atomic E-state index is 12.9. The summed E-state index contributed by atoms with van der Waals surface area (Å²) >= 11 is 0. The smallest absolute Gasteiger partial charge is 0.475 e. The zero-order valence-electron chi connectivity index (χ0n) is 20.9. The number of nitrogens with two attached hydrogens (primary N) is 3. The molecule has 0 spiro atoms. The molecule has 39 heavy (non-hydrogen) atoms. The van der Waals surface area contributed by atoms with Gasteiger partial charge in [0.05, 0.1) is 6.42 Å². The van der Waals surface area contributed by atoms with E-state index >= 15 is 0 Å². The number of nitrogens with zero attached hydrogens (tertiary/aromatic N) is 1. The monoisotopic (exact) mass is 552 g/mol. The molecule has 0 aliphatic heterocycles. The summed E-state index contributed by atoms with van der Waals surface area (Å²) in [6.45, 7) is 0.309. The lowest BCUT2D eigenvalue weighted by atomic mass is 10.0. The summed E-state index contributed by atoms with van der Waals surface area (Å²) in [5.74, 6) is -4.26. The first-order valence-corrected chi connectivity index (χ1v) is 11.6. The fraction of sp³-hybridized carbons (Fsp3) is 0.320. The van der Waals surface area contributed by atoms with Crippen LogP contribution in [-0.2, 0) is 32.0 Å². The van der Waals surface area contributed by atoms with Crippen LogP contribution in [0, 0.1) is 0 Å². The van der Waals surface area contributed by atoms with Crippen LogP contribution in [0.2, 0.25) is 0 Å². The molecule has 212 valence electrons. The molecule has 0 bridgehead atoms. The van der Waals surface area contributed by atoms with E-state index in [9.17, 15) is 27.6 Å². The molecule has 11 nitrogen and oxygen atoms in total. The molecule has 2 aromatic carbocycles. The number of carboxylic acid groups (broad SMARTS) is 1. The Morgan fingerprint density at radius 3 is 1.82 bits per heavy atom. The highest BCUT2D eigenvalue weighted by molar-refractivity contribution is 5.92. The molecule has 0 aromatic heterocycles. The summed E-state index contributed by atoms with van der Waals surface area (Å²) in [6, 6.07) is 16.6. The number of guanidine groups is 1. The first-order chi connectivity index (χ1) is 18.3. The van der Waals surface area contributed by atoms with Crippen molar-refractivity contribution >= 4 is 29.7 Å². The minimum atomic E-state index is -5.08. The van der Waals surface area contributed by atoms with E-state index in [0.29, 0.717) is 19.4 Å². The van der Waals surface area contributed by atoms with Crippen LogP contribution >= 0.6 is 0 Å². The second kappa shape index (κ2) is 16.3. The van der Waals surface area contributed by atoms with Crippen molar-refractivity contribution in [2.45, 2.75) is 43.9 Å². The third-order valence-electron chi connectivity index (χ3n) is 4.99. The van der Waals surface area contributed by atoms with Gasteiger partial charge in [0.1, 0.15) is 12.1 Å². The van der Waals surface area contributed by atoms with E-state index in [1.807, 2.05) is 60.7 Å². The Kier molecular flexibility index (Phi) is 13.5. The van der Waals surface area contributed by atoms with Gasteiger partial charge in [-0.3, -0.25) is 19.4 Å². The number of carboxylic acids is 1. The quantitative estimate of drug-likeness (QED) is 0.126. The van der Waals surface area contributed by atoms with Crippen LogP contribution in [0.1, 0.15) is 24.0 Å². The fourth-order valence-electron chi connectivity index (χ4n) is 3.14. The molecule has 0 aliphatic carbocycles. The van der Waals surface area contributed by atoms with Crippen LogP contribution in [0.3, 0.4) is 0 Å². The number of hydrogen-bond acceptors (Lipinski definition) is 5. The van der Waals surface area contributed by atoms with Gasteiger partial charge in [-0.2, -0.15) is 13.2 Å². The Morgan fingerprint density at radius 1 is 0.846 bits per heavy atom. The van der Waals surface area contributed by atoms with Crippen molar-refractivity contribution in [2.24, 2.45) is 22.2 Å². The number of halogens is 3. The summed E-state index contributed by atoms with van der Waals surface area (Å²) < 4.78 is 31.7. The molecule has 2 rings (SSSR count). The number of carbonyl (C=O) groups excluding carboxylic acids is 3. The molecule has 0 heterocycles. The Bertz CT molecular complexity index is 1110. The molecule has 2 aromatic rings. The van der Waals surface area contributed by atoms with Gasteiger partial charge < -0.3 is 32.9 Å². The number of carbonyl (C=O) groups is 4. The Labute approximate surface area is 222 Å². The number of aliphatic carboxylic acids is 1.